The largest absolute Gasteiger partial charge is 0.396 e. The van der Waals surface area contributed by atoms with Crippen LogP contribution in [-0.4, -0.2) is 35.1 Å². The molecule has 1 aliphatic heterocycles. The van der Waals surface area contributed by atoms with Crippen molar-refractivity contribution in [2.24, 2.45) is 0 Å². The smallest absolute Gasteiger partial charge is 0.223 e. The van der Waals surface area contributed by atoms with E-state index in [1.165, 1.54) is 17.5 Å². The van der Waals surface area contributed by atoms with Gasteiger partial charge in [0.2, 0.25) is 5.91 Å². The van der Waals surface area contributed by atoms with Crippen LogP contribution in [0.4, 0.5) is 0 Å². The van der Waals surface area contributed by atoms with Crippen LogP contribution in [0.15, 0.2) is 24.3 Å². The summed E-state index contributed by atoms with van der Waals surface area (Å²) in [5.74, 6) is 0.240. The third-order valence-electron chi connectivity index (χ3n) is 4.16. The monoisotopic (exact) mass is 275 g/mol. The van der Waals surface area contributed by atoms with Gasteiger partial charge in [0.05, 0.1) is 0 Å². The van der Waals surface area contributed by atoms with E-state index < -0.39 is 0 Å². The molecule has 0 saturated carbocycles. The van der Waals surface area contributed by atoms with Crippen LogP contribution < -0.4 is 0 Å². The average molecular weight is 275 g/mol. The van der Waals surface area contributed by atoms with Crippen molar-refractivity contribution in [2.75, 3.05) is 13.2 Å². The van der Waals surface area contributed by atoms with Crippen molar-refractivity contribution < 1.29 is 9.90 Å². The van der Waals surface area contributed by atoms with Crippen molar-refractivity contribution in [3.8, 4) is 0 Å². The van der Waals surface area contributed by atoms with E-state index in [0.29, 0.717) is 6.42 Å². The van der Waals surface area contributed by atoms with E-state index in [-0.39, 0.29) is 18.6 Å². The van der Waals surface area contributed by atoms with Gasteiger partial charge in [0, 0.05) is 25.6 Å². The fourth-order valence-corrected chi connectivity index (χ4v) is 2.93. The molecule has 0 bridgehead atoms. The van der Waals surface area contributed by atoms with Crippen LogP contribution in [0.1, 0.15) is 43.2 Å². The van der Waals surface area contributed by atoms with Gasteiger partial charge in [-0.2, -0.15) is 0 Å². The molecule has 1 saturated heterocycles. The van der Waals surface area contributed by atoms with Gasteiger partial charge in [0.1, 0.15) is 0 Å². The van der Waals surface area contributed by atoms with Gasteiger partial charge < -0.3 is 10.0 Å². The summed E-state index contributed by atoms with van der Waals surface area (Å²) in [6.07, 6.45) is 5.41. The first-order chi connectivity index (χ1) is 9.70. The molecule has 3 nitrogen and oxygen atoms in total. The van der Waals surface area contributed by atoms with Crippen LogP contribution in [0.3, 0.4) is 0 Å². The van der Waals surface area contributed by atoms with Gasteiger partial charge in [-0.05, 0) is 44.6 Å². The second-order valence-corrected chi connectivity index (χ2v) is 5.73. The van der Waals surface area contributed by atoms with Crippen molar-refractivity contribution in [1.82, 2.24) is 4.90 Å². The molecule has 0 radical (unpaired) electrons. The van der Waals surface area contributed by atoms with E-state index in [1.54, 1.807) is 0 Å². The minimum atomic E-state index is 0.173. The van der Waals surface area contributed by atoms with Crippen LogP contribution in [0.5, 0.6) is 0 Å². The second kappa shape index (κ2) is 7.44. The lowest BCUT2D eigenvalue weighted by molar-refractivity contribution is -0.135. The molecule has 1 heterocycles. The number of hydrogen-bond acceptors (Lipinski definition) is 2. The fraction of sp³-hybridized carbons (Fsp3) is 0.588. The lowest BCUT2D eigenvalue weighted by Gasteiger charge is -2.35. The standard InChI is InChI=1S/C17H25NO2/c1-14-5-7-15(8-6-14)9-10-17(20)18-12-3-2-4-16(18)11-13-19/h5-8,16,19H,2-4,9-13H2,1H3. The predicted molar refractivity (Wildman–Crippen MR) is 80.6 cm³/mol. The van der Waals surface area contributed by atoms with Crippen molar-refractivity contribution in [1.29, 1.82) is 0 Å². The number of aryl methyl sites for hydroxylation is 2. The zero-order valence-electron chi connectivity index (χ0n) is 12.3. The molecule has 0 aliphatic carbocycles. The summed E-state index contributed by atoms with van der Waals surface area (Å²) < 4.78 is 0. The molecule has 1 unspecified atom stereocenters. The molecule has 1 aliphatic rings. The molecular weight excluding hydrogens is 250 g/mol. The fourth-order valence-electron chi connectivity index (χ4n) is 2.93. The van der Waals surface area contributed by atoms with E-state index in [0.717, 1.165) is 32.2 Å². The number of aliphatic hydroxyl groups excluding tert-OH is 1. The number of aliphatic hydroxyl groups is 1. The molecule has 2 rings (SSSR count). The van der Waals surface area contributed by atoms with Crippen LogP contribution in [0.2, 0.25) is 0 Å². The maximum absolute atomic E-state index is 12.4. The molecule has 20 heavy (non-hydrogen) atoms. The number of likely N-dealkylation sites (tertiary alicyclic amines) is 1. The van der Waals surface area contributed by atoms with Gasteiger partial charge in [-0.25, -0.2) is 0 Å². The Balaban J connectivity index is 1.88. The second-order valence-electron chi connectivity index (χ2n) is 5.73. The van der Waals surface area contributed by atoms with Gasteiger partial charge in [-0.3, -0.25) is 4.79 Å². The quantitative estimate of drug-likeness (QED) is 0.897. The van der Waals surface area contributed by atoms with Crippen molar-refractivity contribution >= 4 is 5.91 Å². The van der Waals surface area contributed by atoms with Gasteiger partial charge in [0.15, 0.2) is 0 Å². The average Bonchev–Trinajstić information content (AvgIpc) is 2.47. The number of hydrogen-bond donors (Lipinski definition) is 1. The number of carbonyl (C=O) groups is 1. The molecule has 1 aromatic rings. The molecule has 1 aromatic carbocycles. The summed E-state index contributed by atoms with van der Waals surface area (Å²) in [4.78, 5) is 14.4. The van der Waals surface area contributed by atoms with Gasteiger partial charge in [0.25, 0.3) is 0 Å². The molecule has 0 aromatic heterocycles. The highest BCUT2D eigenvalue weighted by atomic mass is 16.3. The first kappa shape index (κ1) is 15.0. The number of carbonyl (C=O) groups excluding carboxylic acids is 1. The van der Waals surface area contributed by atoms with E-state index in [4.69, 9.17) is 5.11 Å². The minimum absolute atomic E-state index is 0.173. The Bertz CT molecular complexity index is 425. The number of nitrogens with zero attached hydrogens (tertiary/aromatic N) is 1. The van der Waals surface area contributed by atoms with E-state index in [1.807, 2.05) is 4.90 Å². The maximum atomic E-state index is 12.4. The van der Waals surface area contributed by atoms with Crippen LogP contribution in [-0.2, 0) is 11.2 Å². The van der Waals surface area contributed by atoms with Gasteiger partial charge in [-0.1, -0.05) is 29.8 Å². The van der Waals surface area contributed by atoms with Gasteiger partial charge >= 0.3 is 0 Å². The van der Waals surface area contributed by atoms with Crippen LogP contribution in [0, 0.1) is 6.92 Å². The predicted octanol–water partition coefficient (Wildman–Crippen LogP) is 2.69. The minimum Gasteiger partial charge on any atom is -0.396 e. The molecule has 1 fully saturated rings. The highest BCUT2D eigenvalue weighted by molar-refractivity contribution is 5.77. The Hall–Kier alpha value is -1.35. The Labute approximate surface area is 121 Å². The van der Waals surface area contributed by atoms with Crippen molar-refractivity contribution in [3.63, 3.8) is 0 Å². The Kier molecular flexibility index (Phi) is 5.60. The summed E-state index contributed by atoms with van der Waals surface area (Å²) in [5, 5.41) is 9.11. The SMILES string of the molecule is Cc1ccc(CCC(=O)N2CCCCC2CCO)cc1. The molecule has 110 valence electrons. The topological polar surface area (TPSA) is 40.5 Å². The van der Waals surface area contributed by atoms with Crippen molar-refractivity contribution in [2.45, 2.75) is 51.5 Å². The Morgan fingerprint density at radius 1 is 1.30 bits per heavy atom. The summed E-state index contributed by atoms with van der Waals surface area (Å²) >= 11 is 0. The lowest BCUT2D eigenvalue weighted by Crippen LogP contribution is -2.44. The number of piperidine rings is 1. The zero-order valence-corrected chi connectivity index (χ0v) is 12.3. The Morgan fingerprint density at radius 3 is 2.75 bits per heavy atom. The lowest BCUT2D eigenvalue weighted by atomic mass is 9.98. The van der Waals surface area contributed by atoms with Crippen molar-refractivity contribution in [3.05, 3.63) is 35.4 Å². The maximum Gasteiger partial charge on any atom is 0.223 e. The Morgan fingerprint density at radius 2 is 2.05 bits per heavy atom. The molecule has 3 heteroatoms. The molecular formula is C17H25NO2. The van der Waals surface area contributed by atoms with E-state index in [9.17, 15) is 4.79 Å². The van der Waals surface area contributed by atoms with Crippen LogP contribution in [0.25, 0.3) is 0 Å². The van der Waals surface area contributed by atoms with Crippen LogP contribution >= 0.6 is 0 Å². The first-order valence-corrected chi connectivity index (χ1v) is 7.66. The summed E-state index contributed by atoms with van der Waals surface area (Å²) in [5.41, 5.74) is 2.47. The molecule has 1 atom stereocenters. The third kappa shape index (κ3) is 4.07. The number of rotatable bonds is 5. The zero-order chi connectivity index (χ0) is 14.4. The third-order valence-corrected chi connectivity index (χ3v) is 4.16. The molecule has 0 spiro atoms. The molecule has 1 N–H and O–H groups in total. The van der Waals surface area contributed by atoms with E-state index >= 15 is 0 Å². The van der Waals surface area contributed by atoms with Gasteiger partial charge in [-0.15, -0.1) is 0 Å². The first-order valence-electron chi connectivity index (χ1n) is 7.66. The summed E-state index contributed by atoms with van der Waals surface area (Å²) in [7, 11) is 0. The highest BCUT2D eigenvalue weighted by Crippen LogP contribution is 2.21. The number of amides is 1. The molecule has 1 amide bonds. The highest BCUT2D eigenvalue weighted by Gasteiger charge is 2.25. The van der Waals surface area contributed by atoms with E-state index in [2.05, 4.69) is 31.2 Å². The number of benzene rings is 1. The normalized spacial score (nSPS) is 19.1. The summed E-state index contributed by atoms with van der Waals surface area (Å²) in [6, 6.07) is 8.64. The summed E-state index contributed by atoms with van der Waals surface area (Å²) in [6.45, 7) is 3.10.